The average Bonchev–Trinajstić information content (AvgIpc) is 1.82. The Morgan fingerprint density at radius 1 is 0.917 bits per heavy atom. The van der Waals surface area contributed by atoms with Gasteiger partial charge in [-0.2, -0.15) is 0 Å². The van der Waals surface area contributed by atoms with Crippen molar-refractivity contribution >= 4 is 76.8 Å². The Kier molecular flexibility index (Phi) is 14.9. The van der Waals surface area contributed by atoms with Gasteiger partial charge in [0.15, 0.2) is 0 Å². The Morgan fingerprint density at radius 2 is 1.33 bits per heavy atom. The predicted octanol–water partition coefficient (Wildman–Crippen LogP) is -1.26. The van der Waals surface area contributed by atoms with E-state index in [0.29, 0.717) is 0 Å². The molecule has 5 nitrogen and oxygen atoms in total. The van der Waals surface area contributed by atoms with E-state index < -0.39 is 30.6 Å². The zero-order chi connectivity index (χ0) is 8.15. The third kappa shape index (κ3) is 10.6. The van der Waals surface area contributed by atoms with E-state index >= 15 is 0 Å². The van der Waals surface area contributed by atoms with Crippen molar-refractivity contribution in [3.05, 3.63) is 0 Å². The predicted molar refractivity (Wildman–Crippen MR) is 41.0 cm³/mol. The maximum Gasteiger partial charge on any atom is 0.372 e. The van der Waals surface area contributed by atoms with Gasteiger partial charge in [0.25, 0.3) is 0 Å². The molecule has 0 heterocycles. The summed E-state index contributed by atoms with van der Waals surface area (Å²) in [5.41, 5.74) is 0. The summed E-state index contributed by atoms with van der Waals surface area (Å²) < 4.78 is 0. The van der Waals surface area contributed by atoms with Gasteiger partial charge in [-0.1, -0.05) is 0 Å². The number of carboxylic acid groups (broad SMARTS) is 2. The number of carboxylic acids is 2. The second kappa shape index (κ2) is 9.70. The Labute approximate surface area is 113 Å². The van der Waals surface area contributed by atoms with Gasteiger partial charge in [-0.15, -0.1) is 0 Å². The van der Waals surface area contributed by atoms with Crippen molar-refractivity contribution < 1.29 is 24.6 Å². The fraction of sp³-hybridized carbons (Fsp3) is 0.400. The van der Waals surface area contributed by atoms with Crippen LogP contribution in [0.4, 0.5) is 0 Å². The first-order valence-electron chi connectivity index (χ1n) is 2.52. The summed E-state index contributed by atoms with van der Waals surface area (Å²) in [7, 11) is 0. The minimum Gasteiger partial charge on any atom is -0.481 e. The van der Waals surface area contributed by atoms with Crippen LogP contribution in [0.1, 0.15) is 12.8 Å². The van der Waals surface area contributed by atoms with Crippen molar-refractivity contribution in [3.63, 3.8) is 0 Å². The van der Waals surface area contributed by atoms with Crippen LogP contribution in [0.15, 0.2) is 0 Å². The fourth-order valence-electron chi connectivity index (χ4n) is 0.327. The van der Waals surface area contributed by atoms with Crippen molar-refractivity contribution in [2.45, 2.75) is 12.8 Å². The number of carbonyl (C=O) groups is 3. The van der Waals surface area contributed by atoms with Gasteiger partial charge in [0.1, 0.15) is 0 Å². The van der Waals surface area contributed by atoms with Gasteiger partial charge in [-0.05, 0) is 0 Å². The summed E-state index contributed by atoms with van der Waals surface area (Å²) in [5, 5.41) is 16.0. The summed E-state index contributed by atoms with van der Waals surface area (Å²) in [6.07, 6.45) is -0.865. The maximum atomic E-state index is 10.2. The molecule has 0 saturated heterocycles. The van der Waals surface area contributed by atoms with Crippen LogP contribution >= 0.6 is 0 Å². The molecule has 2 radical (unpaired) electrons. The number of ketones is 1. The van der Waals surface area contributed by atoms with E-state index in [2.05, 4.69) is 0 Å². The molecule has 0 saturated carbocycles. The third-order valence-electron chi connectivity index (χ3n) is 0.804. The minimum atomic E-state index is -1.58. The van der Waals surface area contributed by atoms with Crippen molar-refractivity contribution in [2.75, 3.05) is 0 Å². The standard InChI is InChI=1S/C5H6O5.2Na/c6-3(5(9)10)1-2-4(7)8;;/h1-2H2,(H,7,8)(H,9,10);;. The Hall–Kier alpha value is 0.610. The van der Waals surface area contributed by atoms with Crippen LogP contribution in [0.5, 0.6) is 0 Å². The summed E-state index contributed by atoms with van der Waals surface area (Å²) in [6.45, 7) is 0. The molecule has 0 rings (SSSR count). The Morgan fingerprint density at radius 3 is 1.58 bits per heavy atom. The molecule has 0 spiro atoms. The van der Waals surface area contributed by atoms with Crippen LogP contribution in [0.25, 0.3) is 0 Å². The normalized spacial score (nSPS) is 7.33. The van der Waals surface area contributed by atoms with E-state index in [1.165, 1.54) is 0 Å². The number of hydrogen-bond acceptors (Lipinski definition) is 3. The molecule has 2 N–H and O–H groups in total. The van der Waals surface area contributed by atoms with Crippen LogP contribution in [-0.2, 0) is 14.4 Å². The molecule has 0 amide bonds. The van der Waals surface area contributed by atoms with Gasteiger partial charge in [0.05, 0.1) is 6.42 Å². The first-order valence-corrected chi connectivity index (χ1v) is 2.52. The van der Waals surface area contributed by atoms with Crippen molar-refractivity contribution in [1.29, 1.82) is 0 Å². The van der Waals surface area contributed by atoms with E-state index in [1.54, 1.807) is 0 Å². The zero-order valence-corrected chi connectivity index (χ0v) is 11.0. The largest absolute Gasteiger partial charge is 0.481 e. The summed E-state index contributed by atoms with van der Waals surface area (Å²) in [6, 6.07) is 0. The van der Waals surface area contributed by atoms with E-state index in [0.717, 1.165) is 0 Å². The number of aliphatic carboxylic acids is 2. The minimum absolute atomic E-state index is 0. The number of Topliss-reactive ketones (excluding diaryl/α,β-unsaturated/α-hetero) is 1. The van der Waals surface area contributed by atoms with Gasteiger partial charge in [-0.25, -0.2) is 4.79 Å². The molecule has 0 aliphatic heterocycles. The molecule has 7 heteroatoms. The fourth-order valence-corrected chi connectivity index (χ4v) is 0.327. The molecule has 0 aliphatic rings. The molecule has 0 unspecified atom stereocenters. The number of rotatable bonds is 4. The molecule has 0 atom stereocenters. The van der Waals surface area contributed by atoms with Crippen LogP contribution in [-0.4, -0.2) is 87.0 Å². The monoisotopic (exact) mass is 192 g/mol. The van der Waals surface area contributed by atoms with Gasteiger partial charge in [0, 0.05) is 65.5 Å². The summed E-state index contributed by atoms with van der Waals surface area (Å²) in [5.74, 6) is -3.82. The molecule has 0 aromatic heterocycles. The first-order chi connectivity index (χ1) is 4.54. The van der Waals surface area contributed by atoms with Gasteiger partial charge in [-0.3, -0.25) is 9.59 Å². The molecule has 0 fully saturated rings. The maximum absolute atomic E-state index is 10.2. The summed E-state index contributed by atoms with van der Waals surface area (Å²) in [4.78, 5) is 29.7. The van der Waals surface area contributed by atoms with Crippen LogP contribution < -0.4 is 0 Å². The SMILES string of the molecule is O=C(O)CCC(=O)C(=O)O.[Na].[Na]. The van der Waals surface area contributed by atoms with E-state index in [1.807, 2.05) is 0 Å². The zero-order valence-electron chi connectivity index (χ0n) is 7.03. The van der Waals surface area contributed by atoms with E-state index in [4.69, 9.17) is 10.2 Å². The molecule has 0 aliphatic carbocycles. The third-order valence-corrected chi connectivity index (χ3v) is 0.804. The van der Waals surface area contributed by atoms with Crippen molar-refractivity contribution in [2.24, 2.45) is 0 Å². The molecule has 0 aromatic carbocycles. The van der Waals surface area contributed by atoms with E-state index in [9.17, 15) is 14.4 Å². The Balaban J connectivity index is -0.000000405. The molecular formula is C5H6Na2O5. The topological polar surface area (TPSA) is 91.7 Å². The van der Waals surface area contributed by atoms with Gasteiger partial charge in [0.2, 0.25) is 5.78 Å². The van der Waals surface area contributed by atoms with Crippen LogP contribution in [0.2, 0.25) is 0 Å². The Bertz CT molecular complexity index is 179. The average molecular weight is 192 g/mol. The first kappa shape index (κ1) is 18.4. The molecule has 0 bridgehead atoms. The smallest absolute Gasteiger partial charge is 0.372 e. The van der Waals surface area contributed by atoms with Crippen molar-refractivity contribution in [3.8, 4) is 0 Å². The number of hydrogen-bond donors (Lipinski definition) is 2. The second-order valence-electron chi connectivity index (χ2n) is 1.62. The van der Waals surface area contributed by atoms with Gasteiger partial charge < -0.3 is 10.2 Å². The van der Waals surface area contributed by atoms with Crippen LogP contribution in [0.3, 0.4) is 0 Å². The van der Waals surface area contributed by atoms with Crippen molar-refractivity contribution in [1.82, 2.24) is 0 Å². The van der Waals surface area contributed by atoms with E-state index in [-0.39, 0.29) is 59.1 Å². The molecule has 12 heavy (non-hydrogen) atoms. The molecule has 58 valence electrons. The number of carbonyl (C=O) groups excluding carboxylic acids is 1. The van der Waals surface area contributed by atoms with Crippen LogP contribution in [0, 0.1) is 0 Å². The molecular weight excluding hydrogens is 186 g/mol. The van der Waals surface area contributed by atoms with Gasteiger partial charge >= 0.3 is 11.9 Å². The second-order valence-corrected chi connectivity index (χ2v) is 1.62. The molecule has 0 aromatic rings. The summed E-state index contributed by atoms with van der Waals surface area (Å²) >= 11 is 0. The quantitative estimate of drug-likeness (QED) is 0.428.